The van der Waals surface area contributed by atoms with E-state index in [0.717, 1.165) is 44.7 Å². The van der Waals surface area contributed by atoms with Gasteiger partial charge in [0.15, 0.2) is 5.78 Å². The quantitative estimate of drug-likeness (QED) is 0.754. The van der Waals surface area contributed by atoms with Crippen molar-refractivity contribution in [1.82, 2.24) is 15.1 Å². The first-order valence-electron chi connectivity index (χ1n) is 11.8. The molecule has 1 aromatic carbocycles. The molecule has 2 unspecified atom stereocenters. The number of nitrogens with one attached hydrogen (secondary N) is 1. The maximum absolute atomic E-state index is 13.6. The number of piperazine rings is 1. The second kappa shape index (κ2) is 8.48. The van der Waals surface area contributed by atoms with Gasteiger partial charge in [0.2, 0.25) is 5.91 Å². The molecule has 1 saturated carbocycles. The van der Waals surface area contributed by atoms with Gasteiger partial charge < -0.3 is 24.8 Å². The van der Waals surface area contributed by atoms with E-state index in [-0.39, 0.29) is 30.3 Å². The Kier molecular flexibility index (Phi) is 5.67. The first kappa shape index (κ1) is 21.4. The van der Waals surface area contributed by atoms with Gasteiger partial charge in [-0.25, -0.2) is 0 Å². The molecule has 1 aliphatic carbocycles. The lowest BCUT2D eigenvalue weighted by Crippen LogP contribution is -2.60. The lowest BCUT2D eigenvalue weighted by molar-refractivity contribution is -0.142. The van der Waals surface area contributed by atoms with Crippen LogP contribution >= 0.6 is 0 Å². The zero-order valence-electron chi connectivity index (χ0n) is 18.7. The third-order valence-electron chi connectivity index (χ3n) is 7.59. The summed E-state index contributed by atoms with van der Waals surface area (Å²) in [4.78, 5) is 45.4. The first-order valence-corrected chi connectivity index (χ1v) is 11.8. The Hall–Kier alpha value is -2.45. The van der Waals surface area contributed by atoms with E-state index in [4.69, 9.17) is 4.74 Å². The number of likely N-dealkylation sites (N-methyl/N-ethyl adjacent to an activating group) is 1. The van der Waals surface area contributed by atoms with E-state index in [1.54, 1.807) is 4.90 Å². The van der Waals surface area contributed by atoms with Crippen molar-refractivity contribution in [3.8, 4) is 0 Å². The molecule has 0 aromatic heterocycles. The van der Waals surface area contributed by atoms with Crippen molar-refractivity contribution in [2.75, 3.05) is 51.3 Å². The van der Waals surface area contributed by atoms with Crippen LogP contribution < -0.4 is 10.2 Å². The van der Waals surface area contributed by atoms with E-state index in [9.17, 15) is 14.4 Å². The lowest BCUT2D eigenvalue weighted by atomic mass is 9.93. The molecule has 4 aliphatic rings. The molecule has 0 radical (unpaired) electrons. The molecule has 5 rings (SSSR count). The number of hydrogen-bond donors (Lipinski definition) is 1. The van der Waals surface area contributed by atoms with Gasteiger partial charge >= 0.3 is 0 Å². The smallest absolute Gasteiger partial charge is 0.252 e. The zero-order valence-corrected chi connectivity index (χ0v) is 18.7. The van der Waals surface area contributed by atoms with E-state index >= 15 is 0 Å². The van der Waals surface area contributed by atoms with E-state index in [2.05, 4.69) is 22.2 Å². The number of hydrogen-bond acceptors (Lipinski definition) is 6. The van der Waals surface area contributed by atoms with E-state index in [1.165, 1.54) is 0 Å². The van der Waals surface area contributed by atoms with Gasteiger partial charge in [-0.15, -0.1) is 0 Å². The number of ketones is 1. The van der Waals surface area contributed by atoms with Crippen LogP contribution in [0.3, 0.4) is 0 Å². The SMILES string of the molecule is CN1CCN(c2ccc(C(=O)NC3(C(=O)N4CCC5OCC(=O)C54)CCCC3)cc2)CC1. The van der Waals surface area contributed by atoms with Gasteiger partial charge in [-0.05, 0) is 50.6 Å². The fourth-order valence-electron chi connectivity index (χ4n) is 5.65. The summed E-state index contributed by atoms with van der Waals surface area (Å²) in [5.41, 5.74) is 0.746. The summed E-state index contributed by atoms with van der Waals surface area (Å²) in [6, 6.07) is 7.18. The fraction of sp³-hybridized carbons (Fsp3) is 0.625. The van der Waals surface area contributed by atoms with Crippen LogP contribution in [-0.2, 0) is 14.3 Å². The molecule has 3 heterocycles. The maximum Gasteiger partial charge on any atom is 0.252 e. The highest BCUT2D eigenvalue weighted by atomic mass is 16.5. The van der Waals surface area contributed by atoms with Gasteiger partial charge in [-0.3, -0.25) is 14.4 Å². The number of amides is 2. The van der Waals surface area contributed by atoms with Crippen LogP contribution in [-0.4, -0.2) is 91.5 Å². The summed E-state index contributed by atoms with van der Waals surface area (Å²) in [6.07, 6.45) is 3.49. The minimum absolute atomic E-state index is 0.0279. The molecule has 0 bridgehead atoms. The molecule has 1 aromatic rings. The highest BCUT2D eigenvalue weighted by Crippen LogP contribution is 2.36. The van der Waals surface area contributed by atoms with Gasteiger partial charge in [0.25, 0.3) is 5.91 Å². The molecule has 3 aliphatic heterocycles. The van der Waals surface area contributed by atoms with Crippen LogP contribution in [0.5, 0.6) is 0 Å². The van der Waals surface area contributed by atoms with Crippen LogP contribution in [0.1, 0.15) is 42.5 Å². The average Bonchev–Trinajstić information content (AvgIpc) is 3.53. The molecular weight excluding hydrogens is 408 g/mol. The number of benzene rings is 1. The Morgan fingerprint density at radius 1 is 1.03 bits per heavy atom. The Morgan fingerprint density at radius 2 is 1.72 bits per heavy atom. The second-order valence-electron chi connectivity index (χ2n) is 9.63. The lowest BCUT2D eigenvalue weighted by Gasteiger charge is -2.35. The predicted molar refractivity (Wildman–Crippen MR) is 120 cm³/mol. The Morgan fingerprint density at radius 3 is 2.41 bits per heavy atom. The van der Waals surface area contributed by atoms with Crippen LogP contribution in [0, 0.1) is 0 Å². The fourth-order valence-corrected chi connectivity index (χ4v) is 5.65. The predicted octanol–water partition coefficient (Wildman–Crippen LogP) is 1.05. The highest BCUT2D eigenvalue weighted by molar-refractivity contribution is 6.01. The van der Waals surface area contributed by atoms with E-state index in [0.29, 0.717) is 31.4 Å². The van der Waals surface area contributed by atoms with Crippen molar-refractivity contribution in [3.05, 3.63) is 29.8 Å². The number of ether oxygens (including phenoxy) is 1. The topological polar surface area (TPSA) is 82.2 Å². The number of rotatable bonds is 4. The van der Waals surface area contributed by atoms with Crippen molar-refractivity contribution < 1.29 is 19.1 Å². The van der Waals surface area contributed by atoms with Crippen LogP contribution in [0.4, 0.5) is 5.69 Å². The Bertz CT molecular complexity index is 888. The van der Waals surface area contributed by atoms with Gasteiger partial charge in [-0.2, -0.15) is 0 Å². The van der Waals surface area contributed by atoms with Crippen molar-refractivity contribution >= 4 is 23.3 Å². The number of Topliss-reactive ketones (excluding diaryl/α,β-unsaturated/α-hetero) is 1. The average molecular weight is 441 g/mol. The normalized spacial score (nSPS) is 27.6. The first-order chi connectivity index (χ1) is 15.5. The standard InChI is InChI=1S/C24H32N4O4/c1-26-12-14-27(15-13-26)18-6-4-17(5-7-18)22(30)25-24(9-2-3-10-24)23(31)28-11-8-20-21(28)19(29)16-32-20/h4-7,20-21H,2-3,8-16H2,1H3,(H,25,30). The third-order valence-corrected chi connectivity index (χ3v) is 7.59. The van der Waals surface area contributed by atoms with E-state index < -0.39 is 11.6 Å². The van der Waals surface area contributed by atoms with Crippen LogP contribution in [0.2, 0.25) is 0 Å². The molecule has 172 valence electrons. The molecule has 8 nitrogen and oxygen atoms in total. The molecule has 2 atom stereocenters. The van der Waals surface area contributed by atoms with Crippen LogP contribution in [0.25, 0.3) is 0 Å². The summed E-state index contributed by atoms with van der Waals surface area (Å²) in [6.45, 7) is 4.59. The number of likely N-dealkylation sites (tertiary alicyclic amines) is 1. The molecule has 8 heteroatoms. The molecule has 0 spiro atoms. The summed E-state index contributed by atoms with van der Waals surface area (Å²) in [5.74, 6) is -0.376. The van der Waals surface area contributed by atoms with E-state index in [1.807, 2.05) is 24.3 Å². The number of carbonyl (C=O) groups is 3. The summed E-state index contributed by atoms with van der Waals surface area (Å²) in [5, 5.41) is 3.08. The minimum Gasteiger partial charge on any atom is -0.369 e. The minimum atomic E-state index is -0.926. The number of nitrogens with zero attached hydrogens (tertiary/aromatic N) is 3. The van der Waals surface area contributed by atoms with Crippen molar-refractivity contribution in [1.29, 1.82) is 0 Å². The second-order valence-corrected chi connectivity index (χ2v) is 9.63. The molecule has 3 saturated heterocycles. The Labute approximate surface area is 188 Å². The Balaban J connectivity index is 1.29. The molecule has 2 amide bonds. The largest absolute Gasteiger partial charge is 0.369 e. The van der Waals surface area contributed by atoms with Gasteiger partial charge in [0.05, 0.1) is 6.10 Å². The summed E-state index contributed by atoms with van der Waals surface area (Å²) >= 11 is 0. The number of fused-ring (bicyclic) bond motifs is 1. The third kappa shape index (κ3) is 3.79. The van der Waals surface area contributed by atoms with Gasteiger partial charge in [-0.1, -0.05) is 12.8 Å². The van der Waals surface area contributed by atoms with Crippen molar-refractivity contribution in [3.63, 3.8) is 0 Å². The molecule has 1 N–H and O–H groups in total. The zero-order chi connectivity index (χ0) is 22.3. The van der Waals surface area contributed by atoms with Crippen molar-refractivity contribution in [2.45, 2.75) is 49.8 Å². The number of anilines is 1. The van der Waals surface area contributed by atoms with Crippen LogP contribution in [0.15, 0.2) is 24.3 Å². The summed E-state index contributed by atoms with van der Waals surface area (Å²) in [7, 11) is 2.13. The number of carbonyl (C=O) groups excluding carboxylic acids is 3. The summed E-state index contributed by atoms with van der Waals surface area (Å²) < 4.78 is 5.55. The van der Waals surface area contributed by atoms with Gasteiger partial charge in [0.1, 0.15) is 18.2 Å². The molecular formula is C24H32N4O4. The van der Waals surface area contributed by atoms with Gasteiger partial charge in [0, 0.05) is 44.0 Å². The monoisotopic (exact) mass is 440 g/mol. The van der Waals surface area contributed by atoms with Crippen molar-refractivity contribution in [2.24, 2.45) is 0 Å². The molecule has 4 fully saturated rings. The highest BCUT2D eigenvalue weighted by Gasteiger charge is 2.53. The molecule has 32 heavy (non-hydrogen) atoms. The maximum atomic E-state index is 13.6.